The minimum atomic E-state index is -0.168. The van der Waals surface area contributed by atoms with Crippen LogP contribution in [-0.4, -0.2) is 16.6 Å². The predicted octanol–water partition coefficient (Wildman–Crippen LogP) is 5.48. The van der Waals surface area contributed by atoms with Crippen LogP contribution in [0, 0.1) is 0 Å². The fourth-order valence-corrected chi connectivity index (χ4v) is 3.89. The molecule has 0 fully saturated rings. The third-order valence-corrected chi connectivity index (χ3v) is 5.27. The molecule has 0 aromatic heterocycles. The van der Waals surface area contributed by atoms with Crippen LogP contribution in [0.4, 0.5) is 11.4 Å². The number of allylic oxidation sites excluding steroid dienone is 1. The Morgan fingerprint density at radius 1 is 0.857 bits per heavy atom. The average Bonchev–Trinajstić information content (AvgIpc) is 2.89. The van der Waals surface area contributed by atoms with Gasteiger partial charge in [-0.25, -0.2) is 0 Å². The van der Waals surface area contributed by atoms with Gasteiger partial charge in [0.15, 0.2) is 5.78 Å². The highest BCUT2D eigenvalue weighted by atomic mass is 16.3. The maximum atomic E-state index is 13.1. The topological polar surface area (TPSA) is 61.7 Å². The van der Waals surface area contributed by atoms with Gasteiger partial charge >= 0.3 is 0 Å². The number of fused-ring (bicyclic) bond motifs is 2. The van der Waals surface area contributed by atoms with Gasteiger partial charge in [0.05, 0.1) is 28.7 Å². The fraction of sp³-hybridized carbons (Fsp3) is 0.0833. The van der Waals surface area contributed by atoms with Crippen molar-refractivity contribution in [3.63, 3.8) is 0 Å². The van der Waals surface area contributed by atoms with Crippen molar-refractivity contribution in [3.05, 3.63) is 101 Å². The number of nitrogens with zero attached hydrogens (tertiary/aromatic N) is 1. The summed E-state index contributed by atoms with van der Waals surface area (Å²) in [6.07, 6.45) is 0.498. The number of carbonyl (C=O) groups excluding carboxylic acids is 1. The molecule has 4 heteroatoms. The van der Waals surface area contributed by atoms with E-state index in [1.165, 1.54) is 0 Å². The van der Waals surface area contributed by atoms with E-state index in [1.807, 2.05) is 54.6 Å². The maximum Gasteiger partial charge on any atom is 0.199 e. The van der Waals surface area contributed by atoms with E-state index in [-0.39, 0.29) is 17.6 Å². The highest BCUT2D eigenvalue weighted by Crippen LogP contribution is 2.39. The molecule has 3 aromatic carbocycles. The molecule has 1 unspecified atom stereocenters. The number of Topliss-reactive ketones (excluding diaryl/α,β-unsaturated/α-hetero) is 1. The third-order valence-electron chi connectivity index (χ3n) is 5.27. The minimum absolute atomic E-state index is 0.0190. The van der Waals surface area contributed by atoms with E-state index in [4.69, 9.17) is 4.99 Å². The van der Waals surface area contributed by atoms with Crippen molar-refractivity contribution >= 4 is 28.6 Å². The van der Waals surface area contributed by atoms with Crippen LogP contribution in [0.5, 0.6) is 0 Å². The number of aliphatic hydroxyl groups excluding tert-OH is 1. The number of aliphatic imine (C=N–C) groups is 1. The van der Waals surface area contributed by atoms with Gasteiger partial charge in [0.1, 0.15) is 5.76 Å². The van der Waals surface area contributed by atoms with E-state index in [1.54, 1.807) is 12.1 Å². The highest BCUT2D eigenvalue weighted by Gasteiger charge is 2.34. The van der Waals surface area contributed by atoms with Crippen molar-refractivity contribution < 1.29 is 9.90 Å². The molecule has 4 nitrogen and oxygen atoms in total. The zero-order valence-electron chi connectivity index (χ0n) is 15.1. The van der Waals surface area contributed by atoms with Crippen molar-refractivity contribution in [2.24, 2.45) is 4.99 Å². The summed E-state index contributed by atoms with van der Waals surface area (Å²) in [7, 11) is 0. The summed E-state index contributed by atoms with van der Waals surface area (Å²) in [5.41, 5.74) is 4.79. The van der Waals surface area contributed by atoms with Crippen LogP contribution in [-0.2, 0) is 0 Å². The molecule has 1 aliphatic heterocycles. The second kappa shape index (κ2) is 6.50. The van der Waals surface area contributed by atoms with Gasteiger partial charge in [0.25, 0.3) is 0 Å². The summed E-state index contributed by atoms with van der Waals surface area (Å²) in [6, 6.07) is 25.0. The van der Waals surface area contributed by atoms with Gasteiger partial charge in [-0.05, 0) is 17.7 Å². The van der Waals surface area contributed by atoms with E-state index >= 15 is 0 Å². The Labute approximate surface area is 162 Å². The van der Waals surface area contributed by atoms with Crippen molar-refractivity contribution in [2.75, 3.05) is 5.32 Å². The number of nitrogens with one attached hydrogen (secondary N) is 1. The number of para-hydroxylation sites is 2. The zero-order valence-corrected chi connectivity index (χ0v) is 15.1. The Morgan fingerprint density at radius 3 is 2.32 bits per heavy atom. The molecule has 0 saturated heterocycles. The highest BCUT2D eigenvalue weighted by molar-refractivity contribution is 6.36. The molecule has 2 aliphatic rings. The molecule has 0 amide bonds. The van der Waals surface area contributed by atoms with Gasteiger partial charge in [0.2, 0.25) is 0 Å². The second-order valence-corrected chi connectivity index (χ2v) is 6.99. The number of benzene rings is 3. The molecule has 0 spiro atoms. The molecule has 1 aliphatic carbocycles. The van der Waals surface area contributed by atoms with Crippen molar-refractivity contribution in [2.45, 2.75) is 12.5 Å². The summed E-state index contributed by atoms with van der Waals surface area (Å²) in [5.74, 6) is -0.149. The van der Waals surface area contributed by atoms with Crippen LogP contribution in [0.1, 0.15) is 33.9 Å². The Bertz CT molecular complexity index is 1150. The molecule has 0 radical (unpaired) electrons. The summed E-state index contributed by atoms with van der Waals surface area (Å²) in [5, 5.41) is 14.4. The minimum Gasteiger partial charge on any atom is -0.506 e. The van der Waals surface area contributed by atoms with Crippen LogP contribution in [0.3, 0.4) is 0 Å². The van der Waals surface area contributed by atoms with Gasteiger partial charge in [-0.15, -0.1) is 0 Å². The summed E-state index contributed by atoms with van der Waals surface area (Å²) < 4.78 is 0. The molecule has 28 heavy (non-hydrogen) atoms. The molecule has 0 saturated carbocycles. The Hall–Kier alpha value is -3.66. The largest absolute Gasteiger partial charge is 0.506 e. The van der Waals surface area contributed by atoms with Crippen molar-refractivity contribution in [1.82, 2.24) is 0 Å². The molecule has 2 N–H and O–H groups in total. The first-order valence-corrected chi connectivity index (χ1v) is 9.28. The van der Waals surface area contributed by atoms with Crippen molar-refractivity contribution in [3.8, 4) is 0 Å². The van der Waals surface area contributed by atoms with Gasteiger partial charge in [-0.2, -0.15) is 0 Å². The molecular weight excluding hydrogens is 348 g/mol. The molecule has 5 rings (SSSR count). The molecule has 1 atom stereocenters. The summed E-state index contributed by atoms with van der Waals surface area (Å²) in [6.45, 7) is 0. The number of carbonyl (C=O) groups is 1. The monoisotopic (exact) mass is 366 g/mol. The summed E-state index contributed by atoms with van der Waals surface area (Å²) >= 11 is 0. The second-order valence-electron chi connectivity index (χ2n) is 6.99. The number of hydrogen-bond donors (Lipinski definition) is 2. The lowest BCUT2D eigenvalue weighted by atomic mass is 9.95. The quantitative estimate of drug-likeness (QED) is 0.631. The van der Waals surface area contributed by atoms with Crippen LogP contribution < -0.4 is 5.32 Å². The van der Waals surface area contributed by atoms with Gasteiger partial charge < -0.3 is 10.4 Å². The van der Waals surface area contributed by atoms with E-state index in [9.17, 15) is 9.90 Å². The van der Waals surface area contributed by atoms with Crippen LogP contribution in [0.2, 0.25) is 0 Å². The Kier molecular flexibility index (Phi) is 3.83. The predicted molar refractivity (Wildman–Crippen MR) is 111 cm³/mol. The van der Waals surface area contributed by atoms with E-state index in [0.717, 1.165) is 16.9 Å². The third kappa shape index (κ3) is 2.62. The Balaban J connectivity index is 1.65. The zero-order chi connectivity index (χ0) is 19.1. The Morgan fingerprint density at radius 2 is 1.54 bits per heavy atom. The van der Waals surface area contributed by atoms with Gasteiger partial charge in [0, 0.05) is 17.5 Å². The number of hydrogen-bond acceptors (Lipinski definition) is 4. The lowest BCUT2D eigenvalue weighted by Crippen LogP contribution is -2.17. The number of rotatable bonds is 2. The van der Waals surface area contributed by atoms with E-state index in [2.05, 4.69) is 17.4 Å². The maximum absolute atomic E-state index is 13.1. The first kappa shape index (κ1) is 16.5. The van der Waals surface area contributed by atoms with Gasteiger partial charge in [-0.1, -0.05) is 66.7 Å². The van der Waals surface area contributed by atoms with E-state index in [0.29, 0.717) is 28.8 Å². The smallest absolute Gasteiger partial charge is 0.199 e. The fourth-order valence-electron chi connectivity index (χ4n) is 3.89. The first-order valence-electron chi connectivity index (χ1n) is 9.28. The molecule has 1 heterocycles. The van der Waals surface area contributed by atoms with E-state index < -0.39 is 0 Å². The normalized spacial score (nSPS) is 18.1. The standard InChI is InChI=1S/C24H18N2O2/c27-23-16-10-4-5-11-17(16)24(28)22(23)21-14-20(15-8-2-1-3-9-15)25-18-12-6-7-13-19(18)26-21/h1-13,20,25,27H,14H2. The first-order chi connectivity index (χ1) is 13.7. The van der Waals surface area contributed by atoms with Crippen LogP contribution in [0.15, 0.2) is 89.4 Å². The summed E-state index contributed by atoms with van der Waals surface area (Å²) in [4.78, 5) is 17.9. The molecular formula is C24H18N2O2. The van der Waals surface area contributed by atoms with Crippen molar-refractivity contribution in [1.29, 1.82) is 0 Å². The number of anilines is 1. The van der Waals surface area contributed by atoms with Gasteiger partial charge in [-0.3, -0.25) is 9.79 Å². The average molecular weight is 366 g/mol. The van der Waals surface area contributed by atoms with Crippen LogP contribution >= 0.6 is 0 Å². The molecule has 3 aromatic rings. The lowest BCUT2D eigenvalue weighted by molar-refractivity contribution is 0.104. The van der Waals surface area contributed by atoms with Crippen LogP contribution in [0.25, 0.3) is 5.76 Å². The lowest BCUT2D eigenvalue weighted by Gasteiger charge is -2.19. The molecule has 0 bridgehead atoms. The number of ketones is 1. The SMILES string of the molecule is O=C1C(C2=Nc3ccccc3NC(c3ccccc3)C2)=C(O)c2ccccc21. The molecule has 136 valence electrons. The number of aliphatic hydroxyl groups is 1.